The predicted octanol–water partition coefficient (Wildman–Crippen LogP) is 3.29. The lowest BCUT2D eigenvalue weighted by molar-refractivity contribution is -0.142. The van der Waals surface area contributed by atoms with Crippen LogP contribution in [0.5, 0.6) is 0 Å². The van der Waals surface area contributed by atoms with Gasteiger partial charge in [0.15, 0.2) is 0 Å². The highest BCUT2D eigenvalue weighted by atomic mass is 32.2. The third-order valence-corrected chi connectivity index (χ3v) is 6.72. The molecule has 3 atom stereocenters. The third kappa shape index (κ3) is 8.66. The number of alkyl carbamates (subject to hydrolysis) is 1. The molecular formula is C27H28N2O6S. The van der Waals surface area contributed by atoms with Crippen LogP contribution in [-0.4, -0.2) is 45.1 Å². The van der Waals surface area contributed by atoms with E-state index >= 15 is 0 Å². The minimum Gasteiger partial charge on any atom is -0.480 e. The summed E-state index contributed by atoms with van der Waals surface area (Å²) in [5.74, 6) is -1.87. The summed E-state index contributed by atoms with van der Waals surface area (Å²) in [6.07, 6.45) is -0.707. The van der Waals surface area contributed by atoms with Crippen molar-refractivity contribution in [3.8, 4) is 0 Å². The Morgan fingerprint density at radius 3 is 1.92 bits per heavy atom. The summed E-state index contributed by atoms with van der Waals surface area (Å²) in [5, 5.41) is 14.7. The highest BCUT2D eigenvalue weighted by Gasteiger charge is 2.27. The maximum atomic E-state index is 13.1. The highest BCUT2D eigenvalue weighted by Crippen LogP contribution is 2.10. The highest BCUT2D eigenvalue weighted by molar-refractivity contribution is 7.85. The Kier molecular flexibility index (Phi) is 10.2. The van der Waals surface area contributed by atoms with Crippen LogP contribution in [0.25, 0.3) is 0 Å². The minimum atomic E-state index is -1.41. The molecule has 188 valence electrons. The summed E-state index contributed by atoms with van der Waals surface area (Å²) < 4.78 is 17.7. The van der Waals surface area contributed by atoms with Crippen molar-refractivity contribution in [3.05, 3.63) is 102 Å². The number of amides is 2. The number of aliphatic carboxylic acids is 1. The molecular weight excluding hydrogens is 480 g/mol. The van der Waals surface area contributed by atoms with Gasteiger partial charge in [0.25, 0.3) is 0 Å². The van der Waals surface area contributed by atoms with Crippen LogP contribution in [0.1, 0.15) is 17.5 Å². The van der Waals surface area contributed by atoms with Gasteiger partial charge in [0.1, 0.15) is 18.7 Å². The fourth-order valence-electron chi connectivity index (χ4n) is 3.41. The van der Waals surface area contributed by atoms with Gasteiger partial charge in [-0.05, 0) is 29.7 Å². The number of carbonyl (C=O) groups excluding carboxylic acids is 2. The van der Waals surface area contributed by atoms with E-state index in [1.54, 1.807) is 66.7 Å². The summed E-state index contributed by atoms with van der Waals surface area (Å²) in [5.41, 5.74) is 1.56. The normalized spacial score (nSPS) is 13.1. The van der Waals surface area contributed by atoms with Crippen molar-refractivity contribution >= 4 is 28.8 Å². The van der Waals surface area contributed by atoms with Gasteiger partial charge in [0.05, 0.1) is 10.8 Å². The van der Waals surface area contributed by atoms with Gasteiger partial charge >= 0.3 is 12.1 Å². The number of hydrogen-bond acceptors (Lipinski definition) is 5. The van der Waals surface area contributed by atoms with Crippen molar-refractivity contribution in [2.75, 3.05) is 5.75 Å². The van der Waals surface area contributed by atoms with Crippen LogP contribution in [0, 0.1) is 0 Å². The lowest BCUT2D eigenvalue weighted by Crippen LogP contribution is -2.52. The molecule has 0 bridgehead atoms. The monoisotopic (exact) mass is 508 g/mol. The van der Waals surface area contributed by atoms with Gasteiger partial charge in [0.2, 0.25) is 5.91 Å². The number of rotatable bonds is 12. The quantitative estimate of drug-likeness (QED) is 0.345. The molecule has 0 spiro atoms. The molecule has 3 N–H and O–H groups in total. The lowest BCUT2D eigenvalue weighted by Gasteiger charge is -2.21. The van der Waals surface area contributed by atoms with Crippen LogP contribution >= 0.6 is 0 Å². The predicted molar refractivity (Wildman–Crippen MR) is 136 cm³/mol. The zero-order valence-electron chi connectivity index (χ0n) is 19.5. The second-order valence-electron chi connectivity index (χ2n) is 8.00. The number of hydrogen-bond donors (Lipinski definition) is 3. The minimum absolute atomic E-state index is 0.0232. The van der Waals surface area contributed by atoms with E-state index in [1.807, 2.05) is 24.3 Å². The van der Waals surface area contributed by atoms with E-state index in [0.717, 1.165) is 11.1 Å². The number of nitrogens with one attached hydrogen (secondary N) is 2. The maximum Gasteiger partial charge on any atom is 0.408 e. The first-order chi connectivity index (χ1) is 17.4. The zero-order valence-corrected chi connectivity index (χ0v) is 20.4. The molecule has 0 unspecified atom stereocenters. The Labute approximate surface area is 212 Å². The smallest absolute Gasteiger partial charge is 0.408 e. The fraction of sp³-hybridized carbons (Fsp3) is 0.222. The van der Waals surface area contributed by atoms with Crippen molar-refractivity contribution in [2.24, 2.45) is 0 Å². The number of carbonyl (C=O) groups is 3. The average Bonchev–Trinajstić information content (AvgIpc) is 2.90. The largest absolute Gasteiger partial charge is 0.480 e. The zero-order chi connectivity index (χ0) is 25.8. The fourth-order valence-corrected chi connectivity index (χ4v) is 4.56. The molecule has 0 radical (unpaired) electrons. The summed E-state index contributed by atoms with van der Waals surface area (Å²) in [4.78, 5) is 37.9. The first-order valence-electron chi connectivity index (χ1n) is 11.4. The van der Waals surface area contributed by atoms with Crippen LogP contribution in [-0.2, 0) is 38.2 Å². The number of carboxylic acids is 1. The molecule has 0 fully saturated rings. The molecule has 0 saturated heterocycles. The van der Waals surface area contributed by atoms with E-state index in [1.165, 1.54) is 0 Å². The first kappa shape index (κ1) is 26.6. The van der Waals surface area contributed by atoms with Crippen molar-refractivity contribution in [1.29, 1.82) is 0 Å². The van der Waals surface area contributed by atoms with Crippen LogP contribution in [0.4, 0.5) is 4.79 Å². The Morgan fingerprint density at radius 1 is 0.778 bits per heavy atom. The van der Waals surface area contributed by atoms with Gasteiger partial charge in [-0.3, -0.25) is 9.00 Å². The molecule has 36 heavy (non-hydrogen) atoms. The van der Waals surface area contributed by atoms with E-state index in [9.17, 15) is 23.7 Å². The Hall–Kier alpha value is -3.98. The summed E-state index contributed by atoms with van der Waals surface area (Å²) >= 11 is 0. The van der Waals surface area contributed by atoms with Crippen molar-refractivity contribution in [3.63, 3.8) is 0 Å². The molecule has 0 aliphatic heterocycles. The molecule has 0 heterocycles. The van der Waals surface area contributed by atoms with E-state index < -0.39 is 40.9 Å². The second kappa shape index (κ2) is 13.8. The maximum absolute atomic E-state index is 13.1. The number of carboxylic acid groups (broad SMARTS) is 1. The Bertz CT molecular complexity index is 1160. The topological polar surface area (TPSA) is 122 Å². The lowest BCUT2D eigenvalue weighted by atomic mass is 10.0. The van der Waals surface area contributed by atoms with Gasteiger partial charge in [-0.15, -0.1) is 0 Å². The summed E-state index contributed by atoms with van der Waals surface area (Å²) in [6.45, 7) is 0.0232. The van der Waals surface area contributed by atoms with Crippen molar-refractivity contribution in [1.82, 2.24) is 10.6 Å². The molecule has 0 saturated carbocycles. The van der Waals surface area contributed by atoms with Gasteiger partial charge in [-0.1, -0.05) is 78.9 Å². The van der Waals surface area contributed by atoms with Crippen LogP contribution in [0.3, 0.4) is 0 Å². The standard InChI is InChI=1S/C27H28N2O6S/c30-25(28-23(26(31)32)16-17-36(34)22-14-8-3-9-15-22)24(18-20-10-4-1-5-11-20)29-27(33)35-19-21-12-6-2-7-13-21/h1-15,23-24H,16-19H2,(H,28,30)(H,29,33)(H,31,32)/t23-,24+,36-/m0/s1. The van der Waals surface area contributed by atoms with E-state index in [2.05, 4.69) is 10.6 Å². The van der Waals surface area contributed by atoms with Crippen LogP contribution in [0.2, 0.25) is 0 Å². The van der Waals surface area contributed by atoms with E-state index in [4.69, 9.17) is 4.74 Å². The molecule has 9 heteroatoms. The van der Waals surface area contributed by atoms with Crippen LogP contribution < -0.4 is 10.6 Å². The third-order valence-electron chi connectivity index (χ3n) is 5.32. The van der Waals surface area contributed by atoms with Gasteiger partial charge < -0.3 is 20.5 Å². The Balaban J connectivity index is 1.64. The molecule has 0 aliphatic rings. The van der Waals surface area contributed by atoms with Crippen molar-refractivity contribution < 1.29 is 28.4 Å². The SMILES string of the molecule is O=C(N[C@H](Cc1ccccc1)C(=O)N[C@@H](CC[S@](=O)c1ccccc1)C(=O)O)OCc1ccccc1. The number of ether oxygens (including phenoxy) is 1. The average molecular weight is 509 g/mol. The summed E-state index contributed by atoms with van der Waals surface area (Å²) in [6, 6.07) is 24.5. The number of benzene rings is 3. The molecule has 3 rings (SSSR count). The van der Waals surface area contributed by atoms with Crippen LogP contribution in [0.15, 0.2) is 95.9 Å². The Morgan fingerprint density at radius 2 is 1.33 bits per heavy atom. The first-order valence-corrected chi connectivity index (χ1v) is 12.7. The van der Waals surface area contributed by atoms with E-state index in [0.29, 0.717) is 4.90 Å². The van der Waals surface area contributed by atoms with Gasteiger partial charge in [0, 0.05) is 17.1 Å². The molecule has 3 aromatic carbocycles. The van der Waals surface area contributed by atoms with E-state index in [-0.39, 0.29) is 25.2 Å². The second-order valence-corrected chi connectivity index (χ2v) is 9.57. The summed E-state index contributed by atoms with van der Waals surface area (Å²) in [7, 11) is -1.41. The van der Waals surface area contributed by atoms with Gasteiger partial charge in [-0.25, -0.2) is 9.59 Å². The molecule has 2 amide bonds. The van der Waals surface area contributed by atoms with Crippen molar-refractivity contribution in [2.45, 2.75) is 36.4 Å². The molecule has 0 aromatic heterocycles. The molecule has 8 nitrogen and oxygen atoms in total. The molecule has 0 aliphatic carbocycles. The molecule has 3 aromatic rings. The van der Waals surface area contributed by atoms with Gasteiger partial charge in [-0.2, -0.15) is 0 Å².